The van der Waals surface area contributed by atoms with Gasteiger partial charge in [0.2, 0.25) is 5.91 Å². The van der Waals surface area contributed by atoms with Crippen LogP contribution in [0.15, 0.2) is 0 Å². The van der Waals surface area contributed by atoms with Gasteiger partial charge in [-0.1, -0.05) is 6.92 Å². The maximum absolute atomic E-state index is 11.7. The summed E-state index contributed by atoms with van der Waals surface area (Å²) in [5, 5.41) is 8.47. The largest absolute Gasteiger partial charge is 0.383 e. The molecule has 0 radical (unpaired) electrons. The number of rotatable bonds is 7. The number of nitriles is 1. The lowest BCUT2D eigenvalue weighted by Crippen LogP contribution is -2.45. The van der Waals surface area contributed by atoms with Crippen molar-refractivity contribution in [1.29, 1.82) is 5.26 Å². The van der Waals surface area contributed by atoms with Crippen molar-refractivity contribution < 1.29 is 9.53 Å². The van der Waals surface area contributed by atoms with Gasteiger partial charge < -0.3 is 15.4 Å². The number of methoxy groups -OCH3 is 1. The third-order valence-electron chi connectivity index (χ3n) is 2.13. The predicted octanol–water partition coefficient (Wildman–Crippen LogP) is 0.112. The quantitative estimate of drug-likeness (QED) is 0.651. The van der Waals surface area contributed by atoms with E-state index in [2.05, 4.69) is 0 Å². The Hall–Kier alpha value is -1.12. The molecule has 0 aliphatic carbocycles. The van der Waals surface area contributed by atoms with Crippen LogP contribution in [0.5, 0.6) is 0 Å². The van der Waals surface area contributed by atoms with E-state index in [1.54, 1.807) is 12.0 Å². The first-order valence-electron chi connectivity index (χ1n) is 5.07. The van der Waals surface area contributed by atoms with Crippen molar-refractivity contribution in [2.45, 2.75) is 25.8 Å². The van der Waals surface area contributed by atoms with Crippen LogP contribution in [-0.4, -0.2) is 43.7 Å². The molecule has 0 saturated heterocycles. The average Bonchev–Trinajstić information content (AvgIpc) is 2.27. The Morgan fingerprint density at radius 1 is 1.60 bits per heavy atom. The van der Waals surface area contributed by atoms with Crippen LogP contribution in [0.25, 0.3) is 0 Å². The molecule has 0 aliphatic heterocycles. The molecule has 86 valence electrons. The minimum absolute atomic E-state index is 0.107. The summed E-state index contributed by atoms with van der Waals surface area (Å²) in [6.45, 7) is 3.24. The van der Waals surface area contributed by atoms with E-state index in [4.69, 9.17) is 15.7 Å². The number of hydrogen-bond acceptors (Lipinski definition) is 4. The Morgan fingerprint density at radius 3 is 2.73 bits per heavy atom. The molecular weight excluding hydrogens is 194 g/mol. The molecule has 0 rings (SSSR count). The van der Waals surface area contributed by atoms with E-state index in [1.807, 2.05) is 13.0 Å². The molecule has 1 atom stereocenters. The number of nitrogens with zero attached hydrogens (tertiary/aromatic N) is 2. The van der Waals surface area contributed by atoms with Crippen LogP contribution in [0.1, 0.15) is 19.8 Å². The molecule has 0 aromatic carbocycles. The highest BCUT2D eigenvalue weighted by molar-refractivity contribution is 5.81. The van der Waals surface area contributed by atoms with Gasteiger partial charge in [-0.2, -0.15) is 5.26 Å². The fourth-order valence-electron chi connectivity index (χ4n) is 1.13. The van der Waals surface area contributed by atoms with Gasteiger partial charge in [0.15, 0.2) is 0 Å². The number of hydrogen-bond donors (Lipinski definition) is 1. The zero-order chi connectivity index (χ0) is 11.7. The number of nitrogens with two attached hydrogens (primary N) is 1. The van der Waals surface area contributed by atoms with E-state index in [1.165, 1.54) is 0 Å². The van der Waals surface area contributed by atoms with E-state index >= 15 is 0 Å². The molecule has 2 N–H and O–H groups in total. The van der Waals surface area contributed by atoms with Crippen LogP contribution in [0, 0.1) is 11.3 Å². The third-order valence-corrected chi connectivity index (χ3v) is 2.13. The van der Waals surface area contributed by atoms with Crippen molar-refractivity contribution in [1.82, 2.24) is 4.90 Å². The minimum Gasteiger partial charge on any atom is -0.383 e. The molecule has 5 nitrogen and oxygen atoms in total. The van der Waals surface area contributed by atoms with Crippen molar-refractivity contribution in [3.8, 4) is 6.07 Å². The third kappa shape index (κ3) is 5.35. The predicted molar refractivity (Wildman–Crippen MR) is 57.0 cm³/mol. The van der Waals surface area contributed by atoms with Crippen LogP contribution in [0.3, 0.4) is 0 Å². The lowest BCUT2D eigenvalue weighted by molar-refractivity contribution is -0.133. The SMILES string of the molecule is CC[C@H](N)C(=O)N(CCC#N)CCOC. The second kappa shape index (κ2) is 8.21. The average molecular weight is 213 g/mol. The van der Waals surface area contributed by atoms with Crippen LogP contribution >= 0.6 is 0 Å². The molecule has 15 heavy (non-hydrogen) atoms. The van der Waals surface area contributed by atoms with Gasteiger partial charge in [0.05, 0.1) is 25.1 Å². The van der Waals surface area contributed by atoms with Gasteiger partial charge in [-0.05, 0) is 6.42 Å². The van der Waals surface area contributed by atoms with Gasteiger partial charge in [0, 0.05) is 20.2 Å². The smallest absolute Gasteiger partial charge is 0.239 e. The topological polar surface area (TPSA) is 79.4 Å². The van der Waals surface area contributed by atoms with Crippen LogP contribution in [0.4, 0.5) is 0 Å². The van der Waals surface area contributed by atoms with Crippen LogP contribution < -0.4 is 5.73 Å². The van der Waals surface area contributed by atoms with E-state index in [9.17, 15) is 4.79 Å². The lowest BCUT2D eigenvalue weighted by atomic mass is 10.2. The Bertz CT molecular complexity index is 225. The lowest BCUT2D eigenvalue weighted by Gasteiger charge is -2.24. The fourth-order valence-corrected chi connectivity index (χ4v) is 1.13. The highest BCUT2D eigenvalue weighted by Crippen LogP contribution is 1.98. The summed E-state index contributed by atoms with van der Waals surface area (Å²) < 4.78 is 4.90. The number of amides is 1. The maximum atomic E-state index is 11.7. The standard InChI is InChI=1S/C10H19N3O2/c1-3-9(12)10(14)13(6-4-5-11)7-8-15-2/h9H,3-4,6-8,12H2,1-2H3/t9-/m0/s1. The van der Waals surface area contributed by atoms with Gasteiger partial charge in [-0.15, -0.1) is 0 Å². The summed E-state index contributed by atoms with van der Waals surface area (Å²) in [5.74, 6) is -0.107. The summed E-state index contributed by atoms with van der Waals surface area (Å²) in [5.41, 5.74) is 5.65. The van der Waals surface area contributed by atoms with E-state index in [0.717, 1.165) is 0 Å². The molecule has 0 saturated carbocycles. The number of ether oxygens (including phenoxy) is 1. The van der Waals surface area contributed by atoms with Crippen LogP contribution in [0.2, 0.25) is 0 Å². The highest BCUT2D eigenvalue weighted by Gasteiger charge is 2.18. The second-order valence-electron chi connectivity index (χ2n) is 3.24. The molecule has 0 aromatic rings. The first-order valence-corrected chi connectivity index (χ1v) is 5.07. The maximum Gasteiger partial charge on any atom is 0.239 e. The molecule has 5 heteroatoms. The summed E-state index contributed by atoms with van der Waals surface area (Å²) in [6, 6.07) is 1.54. The van der Waals surface area contributed by atoms with Crippen molar-refractivity contribution >= 4 is 5.91 Å². The molecule has 1 amide bonds. The van der Waals surface area contributed by atoms with Crippen molar-refractivity contribution in [2.75, 3.05) is 26.8 Å². The van der Waals surface area contributed by atoms with Crippen molar-refractivity contribution in [3.63, 3.8) is 0 Å². The first kappa shape index (κ1) is 13.9. The van der Waals surface area contributed by atoms with Gasteiger partial charge in [-0.25, -0.2) is 0 Å². The highest BCUT2D eigenvalue weighted by atomic mass is 16.5. The molecule has 0 bridgehead atoms. The first-order chi connectivity index (χ1) is 7.17. The Kier molecular flexibility index (Phi) is 7.60. The number of carbonyl (C=O) groups excluding carboxylic acids is 1. The molecular formula is C10H19N3O2. The summed E-state index contributed by atoms with van der Waals surface area (Å²) >= 11 is 0. The Labute approximate surface area is 90.8 Å². The van der Waals surface area contributed by atoms with Gasteiger partial charge >= 0.3 is 0 Å². The van der Waals surface area contributed by atoms with Gasteiger partial charge in [0.1, 0.15) is 0 Å². The minimum atomic E-state index is -0.472. The van der Waals surface area contributed by atoms with Crippen molar-refractivity contribution in [3.05, 3.63) is 0 Å². The van der Waals surface area contributed by atoms with Gasteiger partial charge in [-0.3, -0.25) is 4.79 Å². The second-order valence-corrected chi connectivity index (χ2v) is 3.24. The summed E-state index contributed by atoms with van der Waals surface area (Å²) in [4.78, 5) is 13.3. The fraction of sp³-hybridized carbons (Fsp3) is 0.800. The number of carbonyl (C=O) groups is 1. The Balaban J connectivity index is 4.20. The zero-order valence-corrected chi connectivity index (χ0v) is 9.40. The molecule has 0 unspecified atom stereocenters. The molecule has 0 spiro atoms. The summed E-state index contributed by atoms with van der Waals surface area (Å²) in [6.07, 6.45) is 0.931. The van der Waals surface area contributed by atoms with Crippen molar-refractivity contribution in [2.24, 2.45) is 5.73 Å². The van der Waals surface area contributed by atoms with E-state index < -0.39 is 6.04 Å². The zero-order valence-electron chi connectivity index (χ0n) is 9.40. The summed E-state index contributed by atoms with van der Waals surface area (Å²) in [7, 11) is 1.58. The monoisotopic (exact) mass is 213 g/mol. The van der Waals surface area contributed by atoms with Crippen LogP contribution in [-0.2, 0) is 9.53 Å². The normalized spacial score (nSPS) is 11.9. The molecule has 0 aromatic heterocycles. The molecule has 0 heterocycles. The van der Waals surface area contributed by atoms with Gasteiger partial charge in [0.25, 0.3) is 0 Å². The molecule has 0 aliphatic rings. The van der Waals surface area contributed by atoms with E-state index in [0.29, 0.717) is 32.5 Å². The van der Waals surface area contributed by atoms with E-state index in [-0.39, 0.29) is 5.91 Å². The molecule has 0 fully saturated rings. The Morgan fingerprint density at radius 2 is 2.27 bits per heavy atom.